The number of fused-ring (bicyclic) bond motifs is 1. The molecule has 0 aromatic heterocycles. The number of aliphatic hydroxyl groups is 1. The lowest BCUT2D eigenvalue weighted by Crippen LogP contribution is -2.56. The second kappa shape index (κ2) is 14.8. The summed E-state index contributed by atoms with van der Waals surface area (Å²) < 4.78 is 0. The van der Waals surface area contributed by atoms with Crippen molar-refractivity contribution >= 4 is 28.5 Å². The first-order chi connectivity index (χ1) is 19.9. The van der Waals surface area contributed by atoms with E-state index in [4.69, 9.17) is 5.73 Å². The van der Waals surface area contributed by atoms with Crippen LogP contribution in [0.3, 0.4) is 0 Å². The minimum Gasteiger partial charge on any atom is -0.392 e. The van der Waals surface area contributed by atoms with E-state index in [9.17, 15) is 19.5 Å². The van der Waals surface area contributed by atoms with E-state index in [2.05, 4.69) is 5.32 Å². The van der Waals surface area contributed by atoms with Crippen LogP contribution in [0.25, 0.3) is 10.8 Å². The normalized spacial score (nSPS) is 13.9. The van der Waals surface area contributed by atoms with Crippen molar-refractivity contribution < 1.29 is 19.5 Å². The van der Waals surface area contributed by atoms with Crippen molar-refractivity contribution in [2.75, 3.05) is 20.6 Å². The molecular weight excluding hydrogens is 528 g/mol. The lowest BCUT2D eigenvalue weighted by atomic mass is 9.98. The predicted molar refractivity (Wildman–Crippen MR) is 168 cm³/mol. The summed E-state index contributed by atoms with van der Waals surface area (Å²) in [5.74, 6) is -1.07. The SMILES string of the molecule is C[C@@H](O)CNC(=O)[C@@H](Cc1ccccc1)N(C)C(=O)[C@@H](Cc1ccc2ccccc2c1)N(C)C(=O)C=CCC(C)(C)N. The van der Waals surface area contributed by atoms with Crippen LogP contribution >= 0.6 is 0 Å². The van der Waals surface area contributed by atoms with Crippen LogP contribution in [-0.2, 0) is 27.2 Å². The Kier molecular flexibility index (Phi) is 11.4. The molecule has 0 fully saturated rings. The maximum absolute atomic E-state index is 14.2. The van der Waals surface area contributed by atoms with Gasteiger partial charge < -0.3 is 26.0 Å². The highest BCUT2D eigenvalue weighted by atomic mass is 16.3. The number of carbonyl (C=O) groups excluding carboxylic acids is 3. The number of amides is 3. The number of benzene rings is 3. The zero-order valence-corrected chi connectivity index (χ0v) is 25.3. The summed E-state index contributed by atoms with van der Waals surface area (Å²) in [4.78, 5) is 43.7. The van der Waals surface area contributed by atoms with E-state index in [1.165, 1.54) is 15.9 Å². The zero-order valence-electron chi connectivity index (χ0n) is 25.3. The summed E-state index contributed by atoms with van der Waals surface area (Å²) in [6, 6.07) is 21.7. The van der Waals surface area contributed by atoms with Crippen LogP contribution in [0.5, 0.6) is 0 Å². The largest absolute Gasteiger partial charge is 0.392 e. The van der Waals surface area contributed by atoms with Gasteiger partial charge in [0.15, 0.2) is 0 Å². The van der Waals surface area contributed by atoms with Crippen molar-refractivity contribution in [1.29, 1.82) is 0 Å². The van der Waals surface area contributed by atoms with Gasteiger partial charge in [0.1, 0.15) is 12.1 Å². The highest BCUT2D eigenvalue weighted by molar-refractivity contribution is 5.95. The molecule has 224 valence electrons. The van der Waals surface area contributed by atoms with Gasteiger partial charge in [0, 0.05) is 39.0 Å². The number of rotatable bonds is 13. The van der Waals surface area contributed by atoms with E-state index in [1.807, 2.05) is 86.6 Å². The van der Waals surface area contributed by atoms with Crippen molar-refractivity contribution in [3.05, 3.63) is 96.1 Å². The molecule has 0 heterocycles. The molecule has 0 unspecified atom stereocenters. The first-order valence-electron chi connectivity index (χ1n) is 14.3. The molecule has 8 nitrogen and oxygen atoms in total. The Morgan fingerprint density at radius 2 is 1.50 bits per heavy atom. The second-order valence-corrected chi connectivity index (χ2v) is 11.7. The molecule has 3 amide bonds. The van der Waals surface area contributed by atoms with Gasteiger partial charge in [-0.1, -0.05) is 78.9 Å². The van der Waals surface area contributed by atoms with E-state index in [0.717, 1.165) is 21.9 Å². The number of likely N-dealkylation sites (N-methyl/N-ethyl adjacent to an activating group) is 2. The lowest BCUT2D eigenvalue weighted by Gasteiger charge is -2.34. The van der Waals surface area contributed by atoms with Gasteiger partial charge in [-0.25, -0.2) is 0 Å². The lowest BCUT2D eigenvalue weighted by molar-refractivity contribution is -0.146. The quantitative estimate of drug-likeness (QED) is 0.271. The van der Waals surface area contributed by atoms with E-state index in [0.29, 0.717) is 6.42 Å². The van der Waals surface area contributed by atoms with Crippen LogP contribution < -0.4 is 11.1 Å². The summed E-state index contributed by atoms with van der Waals surface area (Å²) >= 11 is 0. The second-order valence-electron chi connectivity index (χ2n) is 11.7. The summed E-state index contributed by atoms with van der Waals surface area (Å²) in [7, 11) is 3.20. The maximum Gasteiger partial charge on any atom is 0.246 e. The van der Waals surface area contributed by atoms with Gasteiger partial charge in [-0.05, 0) is 55.2 Å². The molecular formula is C34H44N4O4. The standard InChI is InChI=1S/C34H44N4O4/c1-24(39)23-36-32(41)29(21-25-12-7-6-8-13-25)38(5)33(42)30(37(4)31(40)16-11-19-34(2,3)35)22-26-17-18-27-14-9-10-15-28(27)20-26/h6-18,20,24,29-30,39H,19,21-23,35H2,1-5H3,(H,36,41)/t24-,29-,30-/m1/s1. The van der Waals surface area contributed by atoms with E-state index < -0.39 is 23.7 Å². The number of nitrogens with one attached hydrogen (secondary N) is 1. The Balaban J connectivity index is 1.95. The Hall–Kier alpha value is -4.01. The van der Waals surface area contributed by atoms with Gasteiger partial charge in [0.05, 0.1) is 6.10 Å². The molecule has 8 heteroatoms. The van der Waals surface area contributed by atoms with Gasteiger partial charge in [0.25, 0.3) is 0 Å². The highest BCUT2D eigenvalue weighted by Gasteiger charge is 2.35. The van der Waals surface area contributed by atoms with Gasteiger partial charge in [-0.2, -0.15) is 0 Å². The van der Waals surface area contributed by atoms with E-state index >= 15 is 0 Å². The first kappa shape index (κ1) is 32.5. The zero-order chi connectivity index (χ0) is 30.9. The Bertz CT molecular complexity index is 1380. The third kappa shape index (κ3) is 9.53. The predicted octanol–water partition coefficient (Wildman–Crippen LogP) is 3.46. The van der Waals surface area contributed by atoms with Crippen LogP contribution in [0.15, 0.2) is 84.9 Å². The summed E-state index contributed by atoms with van der Waals surface area (Å²) in [5, 5.41) is 14.6. The fourth-order valence-electron chi connectivity index (χ4n) is 4.71. The van der Waals surface area contributed by atoms with E-state index in [-0.39, 0.29) is 37.1 Å². The number of nitrogens with two attached hydrogens (primary N) is 1. The van der Waals surface area contributed by atoms with Crippen molar-refractivity contribution in [2.24, 2.45) is 5.73 Å². The molecule has 42 heavy (non-hydrogen) atoms. The fourth-order valence-corrected chi connectivity index (χ4v) is 4.71. The van der Waals surface area contributed by atoms with Crippen molar-refractivity contribution in [1.82, 2.24) is 15.1 Å². The first-order valence-corrected chi connectivity index (χ1v) is 14.3. The average Bonchev–Trinajstić information content (AvgIpc) is 2.96. The smallest absolute Gasteiger partial charge is 0.246 e. The monoisotopic (exact) mass is 572 g/mol. The molecule has 0 aliphatic carbocycles. The molecule has 0 spiro atoms. The molecule has 0 aliphatic heterocycles. The third-order valence-electron chi connectivity index (χ3n) is 7.21. The minimum absolute atomic E-state index is 0.0628. The van der Waals surface area contributed by atoms with Gasteiger partial charge >= 0.3 is 0 Å². The molecule has 3 rings (SSSR count). The van der Waals surface area contributed by atoms with Crippen LogP contribution in [0.2, 0.25) is 0 Å². The number of carbonyl (C=O) groups is 3. The molecule has 4 N–H and O–H groups in total. The van der Waals surface area contributed by atoms with Gasteiger partial charge in [-0.15, -0.1) is 0 Å². The fraction of sp³-hybridized carbons (Fsp3) is 0.382. The molecule has 3 atom stereocenters. The highest BCUT2D eigenvalue weighted by Crippen LogP contribution is 2.20. The number of hydrogen-bond acceptors (Lipinski definition) is 5. The molecule has 0 saturated carbocycles. The maximum atomic E-state index is 14.2. The van der Waals surface area contributed by atoms with Crippen LogP contribution in [-0.4, -0.2) is 77.0 Å². The van der Waals surface area contributed by atoms with Crippen molar-refractivity contribution in [3.8, 4) is 0 Å². The summed E-state index contributed by atoms with van der Waals surface area (Å²) in [6.07, 6.45) is 3.48. The van der Waals surface area contributed by atoms with Crippen molar-refractivity contribution in [2.45, 2.75) is 63.8 Å². The average molecular weight is 573 g/mol. The molecule has 0 aliphatic rings. The van der Waals surface area contributed by atoms with Gasteiger partial charge in [-0.3, -0.25) is 14.4 Å². The molecule has 0 radical (unpaired) electrons. The Morgan fingerprint density at radius 1 is 0.881 bits per heavy atom. The van der Waals surface area contributed by atoms with Crippen molar-refractivity contribution in [3.63, 3.8) is 0 Å². The summed E-state index contributed by atoms with van der Waals surface area (Å²) in [5.41, 5.74) is 7.38. The van der Waals surface area contributed by atoms with E-state index in [1.54, 1.807) is 27.1 Å². The van der Waals surface area contributed by atoms with Crippen LogP contribution in [0.1, 0.15) is 38.3 Å². The topological polar surface area (TPSA) is 116 Å². The molecule has 0 saturated heterocycles. The molecule has 3 aromatic rings. The third-order valence-corrected chi connectivity index (χ3v) is 7.21. The Morgan fingerprint density at radius 3 is 2.14 bits per heavy atom. The van der Waals surface area contributed by atoms with Gasteiger partial charge in [0.2, 0.25) is 17.7 Å². The number of aliphatic hydroxyl groups excluding tert-OH is 1. The molecule has 0 bridgehead atoms. The number of hydrogen-bond donors (Lipinski definition) is 3. The Labute approximate surface area is 249 Å². The van der Waals surface area contributed by atoms with Crippen LogP contribution in [0, 0.1) is 0 Å². The molecule has 3 aromatic carbocycles. The summed E-state index contributed by atoms with van der Waals surface area (Å²) in [6.45, 7) is 5.40. The minimum atomic E-state index is -0.873. The number of nitrogens with zero attached hydrogens (tertiary/aromatic N) is 2. The van der Waals surface area contributed by atoms with Crippen LogP contribution in [0.4, 0.5) is 0 Å².